The highest BCUT2D eigenvalue weighted by molar-refractivity contribution is 5.16. The molecule has 4 nitrogen and oxygen atoms in total. The monoisotopic (exact) mass is 217 g/mol. The molecule has 0 aromatic carbocycles. The van der Waals surface area contributed by atoms with Crippen molar-refractivity contribution in [1.82, 2.24) is 15.5 Å². The summed E-state index contributed by atoms with van der Waals surface area (Å²) in [4.78, 5) is 4.14. The summed E-state index contributed by atoms with van der Waals surface area (Å²) in [6.07, 6.45) is 3.72. The Kier molecular flexibility index (Phi) is 3.31. The lowest BCUT2D eigenvalue weighted by atomic mass is 10.2. The molecule has 0 aliphatic carbocycles. The van der Waals surface area contributed by atoms with Crippen LogP contribution in [0.15, 0.2) is 29.0 Å². The second kappa shape index (κ2) is 4.90. The van der Waals surface area contributed by atoms with E-state index in [4.69, 9.17) is 4.52 Å². The molecule has 0 bridgehead atoms. The van der Waals surface area contributed by atoms with Crippen LogP contribution in [-0.2, 0) is 13.1 Å². The number of hydrogen-bond acceptors (Lipinski definition) is 4. The molecule has 0 atom stereocenters. The Labute approximate surface area is 94.7 Å². The van der Waals surface area contributed by atoms with Gasteiger partial charge in [0.2, 0.25) is 0 Å². The maximum Gasteiger partial charge on any atom is 0.150 e. The maximum atomic E-state index is 5.10. The van der Waals surface area contributed by atoms with Crippen LogP contribution in [0.1, 0.15) is 22.6 Å². The Hall–Kier alpha value is -1.68. The van der Waals surface area contributed by atoms with Gasteiger partial charge in [-0.2, -0.15) is 0 Å². The molecule has 0 amide bonds. The minimum atomic E-state index is 0.689. The van der Waals surface area contributed by atoms with E-state index in [0.29, 0.717) is 6.54 Å². The van der Waals surface area contributed by atoms with E-state index in [1.807, 2.05) is 32.3 Å². The number of rotatable bonds is 4. The first-order valence-electron chi connectivity index (χ1n) is 5.27. The Morgan fingerprint density at radius 3 is 2.75 bits per heavy atom. The molecule has 2 aromatic rings. The van der Waals surface area contributed by atoms with Gasteiger partial charge in [-0.15, -0.1) is 0 Å². The van der Waals surface area contributed by atoms with E-state index in [2.05, 4.69) is 21.5 Å². The topological polar surface area (TPSA) is 51.0 Å². The highest BCUT2D eigenvalue weighted by Gasteiger charge is 2.00. The van der Waals surface area contributed by atoms with Gasteiger partial charge in [0, 0.05) is 25.0 Å². The molecule has 0 fully saturated rings. The van der Waals surface area contributed by atoms with Crippen LogP contribution in [-0.4, -0.2) is 10.1 Å². The van der Waals surface area contributed by atoms with E-state index >= 15 is 0 Å². The van der Waals surface area contributed by atoms with Crippen molar-refractivity contribution in [2.75, 3.05) is 0 Å². The van der Waals surface area contributed by atoms with E-state index in [0.717, 1.165) is 18.0 Å². The summed E-state index contributed by atoms with van der Waals surface area (Å²) < 4.78 is 5.10. The number of nitrogens with zero attached hydrogens (tertiary/aromatic N) is 2. The molecule has 2 aromatic heterocycles. The molecule has 16 heavy (non-hydrogen) atoms. The van der Waals surface area contributed by atoms with Crippen molar-refractivity contribution < 1.29 is 4.52 Å². The van der Waals surface area contributed by atoms with Gasteiger partial charge < -0.3 is 9.84 Å². The molecule has 2 rings (SSSR count). The first-order chi connectivity index (χ1) is 7.74. The van der Waals surface area contributed by atoms with Gasteiger partial charge in [0.1, 0.15) is 0 Å². The summed E-state index contributed by atoms with van der Waals surface area (Å²) in [5, 5.41) is 7.11. The smallest absolute Gasteiger partial charge is 0.150 e. The van der Waals surface area contributed by atoms with Crippen LogP contribution in [0.4, 0.5) is 0 Å². The second-order valence-corrected chi connectivity index (χ2v) is 3.91. The van der Waals surface area contributed by atoms with Crippen molar-refractivity contribution in [2.24, 2.45) is 0 Å². The van der Waals surface area contributed by atoms with Crippen LogP contribution in [0.5, 0.6) is 0 Å². The van der Waals surface area contributed by atoms with Crippen LogP contribution < -0.4 is 5.32 Å². The average Bonchev–Trinajstić information content (AvgIpc) is 2.64. The fourth-order valence-corrected chi connectivity index (χ4v) is 1.54. The van der Waals surface area contributed by atoms with Crippen molar-refractivity contribution in [3.63, 3.8) is 0 Å². The first kappa shape index (κ1) is 10.8. The molecule has 0 aliphatic heterocycles. The molecule has 4 heteroatoms. The Bertz CT molecular complexity index is 465. The minimum Gasteiger partial charge on any atom is -0.360 e. The van der Waals surface area contributed by atoms with Crippen molar-refractivity contribution in [3.05, 3.63) is 47.1 Å². The van der Waals surface area contributed by atoms with E-state index in [9.17, 15) is 0 Å². The zero-order valence-corrected chi connectivity index (χ0v) is 9.53. The summed E-state index contributed by atoms with van der Waals surface area (Å²) in [5.41, 5.74) is 3.26. The van der Waals surface area contributed by atoms with E-state index in [1.54, 1.807) is 0 Å². The predicted molar refractivity (Wildman–Crippen MR) is 60.8 cm³/mol. The Morgan fingerprint density at radius 2 is 2.06 bits per heavy atom. The van der Waals surface area contributed by atoms with Gasteiger partial charge in [-0.1, -0.05) is 11.2 Å². The van der Waals surface area contributed by atoms with Crippen molar-refractivity contribution in [1.29, 1.82) is 0 Å². The van der Waals surface area contributed by atoms with E-state index in [-0.39, 0.29) is 0 Å². The summed E-state index contributed by atoms with van der Waals surface area (Å²) >= 11 is 0. The molecule has 2 heterocycles. The summed E-state index contributed by atoms with van der Waals surface area (Å²) in [6.45, 7) is 5.43. The molecule has 84 valence electrons. The van der Waals surface area contributed by atoms with Gasteiger partial charge in [-0.3, -0.25) is 4.98 Å². The van der Waals surface area contributed by atoms with E-state index < -0.39 is 0 Å². The SMILES string of the molecule is Cc1cncc(CNCc2cc(C)no2)c1. The Balaban J connectivity index is 1.84. The highest BCUT2D eigenvalue weighted by atomic mass is 16.5. The number of nitrogens with one attached hydrogen (secondary N) is 1. The summed E-state index contributed by atoms with van der Waals surface area (Å²) in [7, 11) is 0. The van der Waals surface area contributed by atoms with Crippen LogP contribution >= 0.6 is 0 Å². The van der Waals surface area contributed by atoms with Crippen LogP contribution in [0, 0.1) is 13.8 Å². The van der Waals surface area contributed by atoms with Crippen molar-refractivity contribution in [2.45, 2.75) is 26.9 Å². The van der Waals surface area contributed by atoms with Crippen LogP contribution in [0.2, 0.25) is 0 Å². The third-order valence-electron chi connectivity index (χ3n) is 2.24. The van der Waals surface area contributed by atoms with Gasteiger partial charge in [-0.05, 0) is 25.0 Å². The number of aromatic nitrogens is 2. The average molecular weight is 217 g/mol. The fourth-order valence-electron chi connectivity index (χ4n) is 1.54. The van der Waals surface area contributed by atoms with Gasteiger partial charge in [0.25, 0.3) is 0 Å². The lowest BCUT2D eigenvalue weighted by Crippen LogP contribution is -2.12. The van der Waals surface area contributed by atoms with E-state index in [1.165, 1.54) is 11.1 Å². The minimum absolute atomic E-state index is 0.689. The third kappa shape index (κ3) is 2.90. The van der Waals surface area contributed by atoms with Gasteiger partial charge in [0.15, 0.2) is 5.76 Å². The quantitative estimate of drug-likeness (QED) is 0.850. The molecule has 0 aliphatic rings. The zero-order valence-electron chi connectivity index (χ0n) is 9.53. The number of aryl methyl sites for hydroxylation is 2. The molecule has 0 unspecified atom stereocenters. The molecule has 0 saturated heterocycles. The third-order valence-corrected chi connectivity index (χ3v) is 2.24. The van der Waals surface area contributed by atoms with Crippen molar-refractivity contribution in [3.8, 4) is 0 Å². The lowest BCUT2D eigenvalue weighted by molar-refractivity contribution is 0.369. The number of hydrogen-bond donors (Lipinski definition) is 1. The second-order valence-electron chi connectivity index (χ2n) is 3.91. The molecular weight excluding hydrogens is 202 g/mol. The Morgan fingerprint density at radius 1 is 1.19 bits per heavy atom. The van der Waals surface area contributed by atoms with Gasteiger partial charge in [-0.25, -0.2) is 0 Å². The lowest BCUT2D eigenvalue weighted by Gasteiger charge is -2.02. The van der Waals surface area contributed by atoms with Gasteiger partial charge >= 0.3 is 0 Å². The maximum absolute atomic E-state index is 5.10. The van der Waals surface area contributed by atoms with Crippen molar-refractivity contribution >= 4 is 0 Å². The zero-order chi connectivity index (χ0) is 11.4. The predicted octanol–water partition coefficient (Wildman–Crippen LogP) is 1.98. The number of pyridine rings is 1. The van der Waals surface area contributed by atoms with Crippen LogP contribution in [0.3, 0.4) is 0 Å². The molecule has 1 N–H and O–H groups in total. The normalized spacial score (nSPS) is 10.6. The first-order valence-corrected chi connectivity index (χ1v) is 5.27. The van der Waals surface area contributed by atoms with Gasteiger partial charge in [0.05, 0.1) is 12.2 Å². The molecule has 0 radical (unpaired) electrons. The van der Waals surface area contributed by atoms with Crippen LogP contribution in [0.25, 0.3) is 0 Å². The molecule has 0 saturated carbocycles. The standard InChI is InChI=1S/C12H15N3O/c1-9-3-11(6-13-5-9)7-14-8-12-4-10(2)15-16-12/h3-6,14H,7-8H2,1-2H3. The molecule has 0 spiro atoms. The summed E-state index contributed by atoms with van der Waals surface area (Å²) in [5.74, 6) is 0.859. The summed E-state index contributed by atoms with van der Waals surface area (Å²) in [6, 6.07) is 4.05. The largest absolute Gasteiger partial charge is 0.360 e. The highest BCUT2D eigenvalue weighted by Crippen LogP contribution is 2.03. The fraction of sp³-hybridized carbons (Fsp3) is 0.333. The molecular formula is C12H15N3O.